The molecule has 0 aliphatic carbocycles. The lowest BCUT2D eigenvalue weighted by molar-refractivity contribution is 0.981. The monoisotopic (exact) mass is 248 g/mol. The van der Waals surface area contributed by atoms with Crippen molar-refractivity contribution in [3.8, 4) is 0 Å². The van der Waals surface area contributed by atoms with Gasteiger partial charge in [0.2, 0.25) is 5.13 Å². The highest BCUT2D eigenvalue weighted by atomic mass is 32.1. The van der Waals surface area contributed by atoms with E-state index in [2.05, 4.69) is 33.7 Å². The Bertz CT molecular complexity index is 481. The Kier molecular flexibility index (Phi) is 4.06. The van der Waals surface area contributed by atoms with Crippen LogP contribution in [-0.4, -0.2) is 9.36 Å². The summed E-state index contributed by atoms with van der Waals surface area (Å²) in [6, 6.07) is 8.16. The van der Waals surface area contributed by atoms with Gasteiger partial charge in [-0.3, -0.25) is 0 Å². The summed E-state index contributed by atoms with van der Waals surface area (Å²) in [5, 5.41) is 4.15. The first-order chi connectivity index (χ1) is 8.33. The van der Waals surface area contributed by atoms with Crippen LogP contribution in [0.5, 0.6) is 0 Å². The van der Waals surface area contributed by atoms with Gasteiger partial charge < -0.3 is 11.1 Å². The highest BCUT2D eigenvalue weighted by Gasteiger charge is 2.03. The molecule has 4 nitrogen and oxygen atoms in total. The van der Waals surface area contributed by atoms with Gasteiger partial charge in [-0.15, -0.1) is 0 Å². The van der Waals surface area contributed by atoms with Crippen molar-refractivity contribution in [1.82, 2.24) is 9.36 Å². The average molecular weight is 248 g/mol. The molecule has 0 atom stereocenters. The van der Waals surface area contributed by atoms with Crippen LogP contribution < -0.4 is 11.1 Å². The van der Waals surface area contributed by atoms with E-state index in [4.69, 9.17) is 5.73 Å². The van der Waals surface area contributed by atoms with E-state index in [-0.39, 0.29) is 0 Å². The fraction of sp³-hybridized carbons (Fsp3) is 0.333. The maximum atomic E-state index is 5.69. The third-order valence-corrected chi connectivity index (χ3v) is 3.26. The molecule has 1 heterocycles. The Morgan fingerprint density at radius 2 is 2.06 bits per heavy atom. The van der Waals surface area contributed by atoms with Gasteiger partial charge in [0.1, 0.15) is 5.82 Å². The molecule has 0 spiro atoms. The smallest absolute Gasteiger partial charge is 0.202 e. The molecule has 17 heavy (non-hydrogen) atoms. The number of aryl methyl sites for hydroxylation is 1. The summed E-state index contributed by atoms with van der Waals surface area (Å²) in [5.74, 6) is 0.893. The van der Waals surface area contributed by atoms with Gasteiger partial charge in [0.05, 0.1) is 0 Å². The topological polar surface area (TPSA) is 63.8 Å². The minimum atomic E-state index is 0.564. The summed E-state index contributed by atoms with van der Waals surface area (Å²) in [6.07, 6.45) is 0.873. The molecule has 0 fully saturated rings. The maximum absolute atomic E-state index is 5.69. The summed E-state index contributed by atoms with van der Waals surface area (Å²) in [4.78, 5) is 4.36. The van der Waals surface area contributed by atoms with Crippen molar-refractivity contribution in [2.45, 2.75) is 26.4 Å². The summed E-state index contributed by atoms with van der Waals surface area (Å²) in [5.41, 5.74) is 8.07. The zero-order valence-electron chi connectivity index (χ0n) is 9.81. The minimum Gasteiger partial charge on any atom is -0.356 e. The number of hydrogen-bond acceptors (Lipinski definition) is 5. The van der Waals surface area contributed by atoms with Crippen molar-refractivity contribution in [2.75, 3.05) is 5.32 Å². The molecule has 0 bridgehead atoms. The number of anilines is 1. The molecular weight excluding hydrogens is 232 g/mol. The summed E-state index contributed by atoms with van der Waals surface area (Å²) in [6.45, 7) is 3.36. The van der Waals surface area contributed by atoms with Gasteiger partial charge in [-0.2, -0.15) is 4.37 Å². The Hall–Kier alpha value is -1.46. The molecule has 0 saturated carbocycles. The van der Waals surface area contributed by atoms with E-state index in [9.17, 15) is 0 Å². The molecule has 0 amide bonds. The van der Waals surface area contributed by atoms with E-state index >= 15 is 0 Å². The Balaban J connectivity index is 2.01. The molecule has 3 N–H and O–H groups in total. The third-order valence-electron chi connectivity index (χ3n) is 2.55. The molecule has 5 heteroatoms. The van der Waals surface area contributed by atoms with Crippen molar-refractivity contribution in [3.63, 3.8) is 0 Å². The highest BCUT2D eigenvalue weighted by molar-refractivity contribution is 7.09. The lowest BCUT2D eigenvalue weighted by Gasteiger charge is -2.07. The van der Waals surface area contributed by atoms with Crippen LogP contribution in [0.15, 0.2) is 24.3 Å². The number of aromatic nitrogens is 2. The standard InChI is InChI=1S/C12H16N4S/c1-2-11-15-12(17-16-11)14-8-10-6-4-3-5-9(10)7-13/h3-6H,2,7-8,13H2,1H3,(H,14,15,16). The third kappa shape index (κ3) is 3.01. The van der Waals surface area contributed by atoms with Gasteiger partial charge in [0, 0.05) is 31.0 Å². The Morgan fingerprint density at radius 1 is 1.29 bits per heavy atom. The number of nitrogens with one attached hydrogen (secondary N) is 1. The fourth-order valence-electron chi connectivity index (χ4n) is 1.57. The Morgan fingerprint density at radius 3 is 2.71 bits per heavy atom. The number of hydrogen-bond donors (Lipinski definition) is 2. The number of nitrogens with zero attached hydrogens (tertiary/aromatic N) is 2. The summed E-state index contributed by atoms with van der Waals surface area (Å²) >= 11 is 1.40. The quantitative estimate of drug-likeness (QED) is 0.851. The predicted molar refractivity (Wildman–Crippen MR) is 70.9 cm³/mol. The van der Waals surface area contributed by atoms with Crippen LogP contribution in [0.1, 0.15) is 23.9 Å². The molecule has 0 aliphatic rings. The molecule has 2 aromatic rings. The van der Waals surface area contributed by atoms with Crippen molar-refractivity contribution in [1.29, 1.82) is 0 Å². The molecule has 90 valence electrons. The molecule has 1 aromatic carbocycles. The molecule has 0 unspecified atom stereocenters. The first-order valence-electron chi connectivity index (χ1n) is 5.66. The second-order valence-electron chi connectivity index (χ2n) is 3.70. The maximum Gasteiger partial charge on any atom is 0.202 e. The molecule has 0 saturated heterocycles. The Labute approximate surface area is 105 Å². The summed E-state index contributed by atoms with van der Waals surface area (Å²) < 4.78 is 4.23. The van der Waals surface area contributed by atoms with Crippen LogP contribution >= 0.6 is 11.5 Å². The lowest BCUT2D eigenvalue weighted by Crippen LogP contribution is -2.06. The van der Waals surface area contributed by atoms with E-state index in [1.54, 1.807) is 0 Å². The van der Waals surface area contributed by atoms with Crippen LogP contribution in [0.3, 0.4) is 0 Å². The van der Waals surface area contributed by atoms with Crippen LogP contribution in [0.25, 0.3) is 0 Å². The van der Waals surface area contributed by atoms with Gasteiger partial charge in [0.15, 0.2) is 0 Å². The first kappa shape index (κ1) is 12.0. The number of nitrogens with two attached hydrogens (primary N) is 1. The second-order valence-corrected chi connectivity index (χ2v) is 4.45. The molecule has 1 aromatic heterocycles. The zero-order valence-corrected chi connectivity index (χ0v) is 10.6. The van der Waals surface area contributed by atoms with Crippen LogP contribution in [0, 0.1) is 0 Å². The average Bonchev–Trinajstić information content (AvgIpc) is 2.84. The van der Waals surface area contributed by atoms with E-state index in [0.29, 0.717) is 6.54 Å². The van der Waals surface area contributed by atoms with Crippen molar-refractivity contribution in [3.05, 3.63) is 41.2 Å². The van der Waals surface area contributed by atoms with Crippen molar-refractivity contribution < 1.29 is 0 Å². The van der Waals surface area contributed by atoms with E-state index in [1.807, 2.05) is 12.1 Å². The fourth-order valence-corrected chi connectivity index (χ4v) is 2.21. The van der Waals surface area contributed by atoms with Gasteiger partial charge in [0.25, 0.3) is 0 Å². The van der Waals surface area contributed by atoms with Crippen LogP contribution in [0.4, 0.5) is 5.13 Å². The SMILES string of the molecule is CCc1nsc(NCc2ccccc2CN)n1. The number of benzene rings is 1. The van der Waals surface area contributed by atoms with Gasteiger partial charge in [-0.25, -0.2) is 4.98 Å². The van der Waals surface area contributed by atoms with Gasteiger partial charge >= 0.3 is 0 Å². The van der Waals surface area contributed by atoms with E-state index in [0.717, 1.165) is 23.9 Å². The predicted octanol–water partition coefficient (Wildman–Crippen LogP) is 2.17. The van der Waals surface area contributed by atoms with Crippen LogP contribution in [-0.2, 0) is 19.5 Å². The largest absolute Gasteiger partial charge is 0.356 e. The normalized spacial score (nSPS) is 10.5. The second kappa shape index (κ2) is 5.75. The van der Waals surface area contributed by atoms with Gasteiger partial charge in [-0.1, -0.05) is 31.2 Å². The zero-order chi connectivity index (χ0) is 12.1. The highest BCUT2D eigenvalue weighted by Crippen LogP contribution is 2.14. The molecule has 2 rings (SSSR count). The van der Waals surface area contributed by atoms with Crippen molar-refractivity contribution >= 4 is 16.7 Å². The minimum absolute atomic E-state index is 0.564. The number of rotatable bonds is 5. The van der Waals surface area contributed by atoms with Crippen LogP contribution in [0.2, 0.25) is 0 Å². The summed E-state index contributed by atoms with van der Waals surface area (Å²) in [7, 11) is 0. The van der Waals surface area contributed by atoms with Crippen molar-refractivity contribution in [2.24, 2.45) is 5.73 Å². The van der Waals surface area contributed by atoms with E-state index < -0.39 is 0 Å². The lowest BCUT2D eigenvalue weighted by atomic mass is 10.1. The molecular formula is C12H16N4S. The van der Waals surface area contributed by atoms with Gasteiger partial charge in [-0.05, 0) is 11.1 Å². The first-order valence-corrected chi connectivity index (χ1v) is 6.44. The molecule has 0 aliphatic heterocycles. The van der Waals surface area contributed by atoms with E-state index in [1.165, 1.54) is 22.7 Å². The molecule has 0 radical (unpaired) electrons.